The minimum absolute atomic E-state index is 0.371. The maximum Gasteiger partial charge on any atom is 0.416 e. The average molecular weight is 260 g/mol. The highest BCUT2D eigenvalue weighted by molar-refractivity contribution is 5.25. The Balaban J connectivity index is 2.02. The Morgan fingerprint density at radius 3 is 2.11 bits per heavy atom. The third-order valence-corrected chi connectivity index (χ3v) is 3.05. The topological polar surface area (TPSA) is 18.5 Å². The van der Waals surface area contributed by atoms with Crippen LogP contribution in [0.1, 0.15) is 30.8 Å². The van der Waals surface area contributed by atoms with E-state index in [0.29, 0.717) is 24.7 Å². The van der Waals surface area contributed by atoms with Gasteiger partial charge in [-0.3, -0.25) is 0 Å². The van der Waals surface area contributed by atoms with Crippen molar-refractivity contribution in [1.82, 2.24) is 0 Å². The third kappa shape index (κ3) is 3.03. The van der Waals surface area contributed by atoms with Crippen LogP contribution in [0.4, 0.5) is 13.2 Å². The number of alkyl halides is 3. The van der Waals surface area contributed by atoms with E-state index in [1.807, 2.05) is 0 Å². The van der Waals surface area contributed by atoms with Gasteiger partial charge in [0, 0.05) is 11.5 Å². The molecule has 1 aromatic carbocycles. The van der Waals surface area contributed by atoms with Gasteiger partial charge in [0.25, 0.3) is 0 Å². The highest BCUT2D eigenvalue weighted by atomic mass is 19.4. The van der Waals surface area contributed by atoms with Gasteiger partial charge in [0.15, 0.2) is 6.29 Å². The summed E-state index contributed by atoms with van der Waals surface area (Å²) < 4.78 is 48.2. The molecule has 0 aliphatic carbocycles. The van der Waals surface area contributed by atoms with E-state index in [2.05, 4.69) is 6.92 Å². The lowest BCUT2D eigenvalue weighted by Crippen LogP contribution is -2.26. The molecule has 18 heavy (non-hydrogen) atoms. The Labute approximate surface area is 104 Å². The maximum absolute atomic E-state index is 12.4. The summed E-state index contributed by atoms with van der Waals surface area (Å²) in [4.78, 5) is 0. The molecule has 0 amide bonds. The molecule has 1 aliphatic rings. The SMILES string of the molecule is CCC1COC(c2ccc(C(F)(F)F)cc2)OC1. The summed E-state index contributed by atoms with van der Waals surface area (Å²) in [7, 11) is 0. The van der Waals surface area contributed by atoms with Crippen molar-refractivity contribution in [2.75, 3.05) is 13.2 Å². The van der Waals surface area contributed by atoms with Crippen molar-refractivity contribution in [3.63, 3.8) is 0 Å². The Morgan fingerprint density at radius 2 is 1.67 bits per heavy atom. The molecule has 0 unspecified atom stereocenters. The van der Waals surface area contributed by atoms with Gasteiger partial charge in [-0.05, 0) is 18.6 Å². The summed E-state index contributed by atoms with van der Waals surface area (Å²) >= 11 is 0. The van der Waals surface area contributed by atoms with Crippen LogP contribution in [0, 0.1) is 5.92 Å². The van der Waals surface area contributed by atoms with Crippen molar-refractivity contribution >= 4 is 0 Å². The largest absolute Gasteiger partial charge is 0.416 e. The van der Waals surface area contributed by atoms with Crippen LogP contribution < -0.4 is 0 Å². The van der Waals surface area contributed by atoms with E-state index in [9.17, 15) is 13.2 Å². The van der Waals surface area contributed by atoms with Crippen molar-refractivity contribution in [3.05, 3.63) is 35.4 Å². The van der Waals surface area contributed by atoms with Crippen LogP contribution in [0.5, 0.6) is 0 Å². The zero-order chi connectivity index (χ0) is 13.2. The van der Waals surface area contributed by atoms with E-state index in [-0.39, 0.29) is 0 Å². The van der Waals surface area contributed by atoms with Gasteiger partial charge in [-0.1, -0.05) is 19.1 Å². The van der Waals surface area contributed by atoms with Gasteiger partial charge in [-0.15, -0.1) is 0 Å². The maximum atomic E-state index is 12.4. The third-order valence-electron chi connectivity index (χ3n) is 3.05. The van der Waals surface area contributed by atoms with E-state index in [1.54, 1.807) is 0 Å². The summed E-state index contributed by atoms with van der Waals surface area (Å²) in [5.74, 6) is 0.371. The fourth-order valence-corrected chi connectivity index (χ4v) is 1.80. The van der Waals surface area contributed by atoms with E-state index < -0.39 is 18.0 Å². The second-order valence-electron chi connectivity index (χ2n) is 4.39. The second kappa shape index (κ2) is 5.28. The zero-order valence-corrected chi connectivity index (χ0v) is 10.0. The molecule has 1 fully saturated rings. The highest BCUT2D eigenvalue weighted by Gasteiger charge is 2.30. The molecule has 0 aromatic heterocycles. The van der Waals surface area contributed by atoms with Gasteiger partial charge < -0.3 is 9.47 Å². The van der Waals surface area contributed by atoms with Crippen molar-refractivity contribution in [2.24, 2.45) is 5.92 Å². The van der Waals surface area contributed by atoms with E-state index in [1.165, 1.54) is 12.1 Å². The van der Waals surface area contributed by atoms with Gasteiger partial charge in [0.05, 0.1) is 18.8 Å². The van der Waals surface area contributed by atoms with E-state index >= 15 is 0 Å². The van der Waals surface area contributed by atoms with Crippen LogP contribution in [0.3, 0.4) is 0 Å². The van der Waals surface area contributed by atoms with Crippen LogP contribution in [0.2, 0.25) is 0 Å². The minimum Gasteiger partial charge on any atom is -0.348 e. The molecule has 0 N–H and O–H groups in total. The van der Waals surface area contributed by atoms with E-state index in [4.69, 9.17) is 9.47 Å². The number of ether oxygens (including phenoxy) is 2. The van der Waals surface area contributed by atoms with E-state index in [0.717, 1.165) is 18.6 Å². The molecule has 0 radical (unpaired) electrons. The summed E-state index contributed by atoms with van der Waals surface area (Å²) in [6, 6.07) is 4.90. The molecule has 1 aromatic rings. The fraction of sp³-hybridized carbons (Fsp3) is 0.538. The van der Waals surface area contributed by atoms with Crippen LogP contribution in [0.15, 0.2) is 24.3 Å². The summed E-state index contributed by atoms with van der Waals surface area (Å²) in [5, 5.41) is 0. The molecule has 2 rings (SSSR count). The second-order valence-corrected chi connectivity index (χ2v) is 4.39. The molecule has 0 bridgehead atoms. The number of hydrogen-bond donors (Lipinski definition) is 0. The lowest BCUT2D eigenvalue weighted by Gasteiger charge is -2.29. The fourth-order valence-electron chi connectivity index (χ4n) is 1.80. The van der Waals surface area contributed by atoms with Crippen molar-refractivity contribution < 1.29 is 22.6 Å². The Hall–Kier alpha value is -1.07. The standard InChI is InChI=1S/C13H15F3O2/c1-2-9-7-17-12(18-8-9)10-3-5-11(6-4-10)13(14,15)16/h3-6,9,12H,2,7-8H2,1H3. The first-order valence-electron chi connectivity index (χ1n) is 5.91. The van der Waals surface area contributed by atoms with Gasteiger partial charge >= 0.3 is 6.18 Å². The zero-order valence-electron chi connectivity index (χ0n) is 10.0. The van der Waals surface area contributed by atoms with Crippen molar-refractivity contribution in [2.45, 2.75) is 25.8 Å². The molecule has 2 nitrogen and oxygen atoms in total. The molecular weight excluding hydrogens is 245 g/mol. The first-order chi connectivity index (χ1) is 8.50. The monoisotopic (exact) mass is 260 g/mol. The number of rotatable bonds is 2. The first kappa shape index (κ1) is 13.4. The Kier molecular flexibility index (Phi) is 3.92. The summed E-state index contributed by atoms with van der Waals surface area (Å²) in [6.45, 7) is 3.22. The molecule has 0 atom stereocenters. The minimum atomic E-state index is -4.31. The summed E-state index contributed by atoms with van der Waals surface area (Å²) in [6.07, 6.45) is -3.88. The molecule has 1 heterocycles. The van der Waals surface area contributed by atoms with Crippen LogP contribution >= 0.6 is 0 Å². The molecule has 1 saturated heterocycles. The smallest absolute Gasteiger partial charge is 0.348 e. The quantitative estimate of drug-likeness (QED) is 0.805. The first-order valence-corrected chi connectivity index (χ1v) is 5.91. The number of hydrogen-bond acceptors (Lipinski definition) is 2. The average Bonchev–Trinajstić information content (AvgIpc) is 2.38. The molecule has 5 heteroatoms. The number of benzene rings is 1. The van der Waals surface area contributed by atoms with Gasteiger partial charge in [-0.25, -0.2) is 0 Å². The Morgan fingerprint density at radius 1 is 1.11 bits per heavy atom. The molecule has 1 aliphatic heterocycles. The summed E-state index contributed by atoms with van der Waals surface area (Å²) in [5.41, 5.74) is -0.0361. The molecule has 0 spiro atoms. The lowest BCUT2D eigenvalue weighted by molar-refractivity contribution is -0.205. The van der Waals surface area contributed by atoms with Crippen molar-refractivity contribution in [3.8, 4) is 0 Å². The van der Waals surface area contributed by atoms with Crippen LogP contribution in [0.25, 0.3) is 0 Å². The van der Waals surface area contributed by atoms with Gasteiger partial charge in [-0.2, -0.15) is 13.2 Å². The molecule has 100 valence electrons. The van der Waals surface area contributed by atoms with Crippen molar-refractivity contribution in [1.29, 1.82) is 0 Å². The van der Waals surface area contributed by atoms with Crippen LogP contribution in [-0.2, 0) is 15.7 Å². The number of halogens is 3. The molecule has 0 saturated carbocycles. The predicted octanol–water partition coefficient (Wildman–Crippen LogP) is 3.78. The highest BCUT2D eigenvalue weighted by Crippen LogP contribution is 2.31. The molecular formula is C13H15F3O2. The van der Waals surface area contributed by atoms with Crippen LogP contribution in [-0.4, -0.2) is 13.2 Å². The lowest BCUT2D eigenvalue weighted by atomic mass is 10.1. The Bertz CT molecular complexity index is 378. The predicted molar refractivity (Wildman–Crippen MR) is 59.9 cm³/mol. The van der Waals surface area contributed by atoms with Gasteiger partial charge in [0.2, 0.25) is 0 Å². The van der Waals surface area contributed by atoms with Gasteiger partial charge in [0.1, 0.15) is 0 Å². The normalized spacial score (nSPS) is 25.1.